The summed E-state index contributed by atoms with van der Waals surface area (Å²) in [7, 11) is 0. The number of nitro groups is 1. The third-order valence-corrected chi connectivity index (χ3v) is 3.08. The minimum Gasteiger partial charge on any atom is -0.297 e. The number of hydrogen-bond acceptors (Lipinski definition) is 5. The fourth-order valence-electron chi connectivity index (χ4n) is 1.81. The molecule has 2 rings (SSSR count). The van der Waals surface area contributed by atoms with Gasteiger partial charge < -0.3 is 0 Å². The Morgan fingerprint density at radius 3 is 2.76 bits per heavy atom. The van der Waals surface area contributed by atoms with Gasteiger partial charge in [-0.1, -0.05) is 6.42 Å². The molecule has 0 aromatic carbocycles. The summed E-state index contributed by atoms with van der Waals surface area (Å²) in [6.45, 7) is 1.80. The largest absolute Gasteiger partial charge is 0.313 e. The molecule has 0 spiro atoms. The topological polar surface area (TPSA) is 71.3 Å². The number of nitrogens with one attached hydrogen (secondary N) is 1. The van der Waals surface area contributed by atoms with Gasteiger partial charge in [0.1, 0.15) is 0 Å². The lowest BCUT2D eigenvalue weighted by Crippen LogP contribution is -2.35. The van der Waals surface area contributed by atoms with Crippen molar-refractivity contribution in [2.45, 2.75) is 19.3 Å². The van der Waals surface area contributed by atoms with Crippen LogP contribution in [0.15, 0.2) is 16.7 Å². The van der Waals surface area contributed by atoms with Gasteiger partial charge in [0, 0.05) is 29.8 Å². The first-order valence-corrected chi connectivity index (χ1v) is 6.27. The van der Waals surface area contributed by atoms with Crippen molar-refractivity contribution in [3.8, 4) is 0 Å². The maximum absolute atomic E-state index is 10.9. The van der Waals surface area contributed by atoms with Gasteiger partial charge in [-0.2, -0.15) is 0 Å². The van der Waals surface area contributed by atoms with Gasteiger partial charge >= 0.3 is 5.69 Å². The Morgan fingerprint density at radius 2 is 2.12 bits per heavy atom. The fourth-order valence-corrected chi connectivity index (χ4v) is 2.13. The molecule has 1 fully saturated rings. The molecule has 0 radical (unpaired) electrons. The lowest BCUT2D eigenvalue weighted by molar-refractivity contribution is -0.384. The Kier molecular flexibility index (Phi) is 3.90. The molecule has 2 heterocycles. The molecular formula is C10H13BrN4O2. The molecule has 0 aliphatic carbocycles. The van der Waals surface area contributed by atoms with E-state index in [4.69, 9.17) is 0 Å². The Morgan fingerprint density at radius 1 is 1.41 bits per heavy atom. The zero-order chi connectivity index (χ0) is 12.3. The van der Waals surface area contributed by atoms with Gasteiger partial charge in [-0.25, -0.2) is 9.99 Å². The number of nitrogens with zero attached hydrogens (tertiary/aromatic N) is 3. The van der Waals surface area contributed by atoms with E-state index in [0.29, 0.717) is 10.3 Å². The van der Waals surface area contributed by atoms with Gasteiger partial charge in [0.15, 0.2) is 0 Å². The third kappa shape index (κ3) is 3.13. The van der Waals surface area contributed by atoms with Crippen LogP contribution in [-0.4, -0.2) is 28.0 Å². The highest BCUT2D eigenvalue weighted by Crippen LogP contribution is 2.26. The van der Waals surface area contributed by atoms with Crippen LogP contribution in [0, 0.1) is 10.1 Å². The summed E-state index contributed by atoms with van der Waals surface area (Å²) in [5, 5.41) is 12.9. The van der Waals surface area contributed by atoms with E-state index < -0.39 is 4.92 Å². The van der Waals surface area contributed by atoms with Crippen LogP contribution in [0.1, 0.15) is 19.3 Å². The van der Waals surface area contributed by atoms with Gasteiger partial charge in [0.2, 0.25) is 5.82 Å². The first-order chi connectivity index (χ1) is 8.16. The van der Waals surface area contributed by atoms with E-state index in [2.05, 4.69) is 26.3 Å². The average molecular weight is 301 g/mol. The van der Waals surface area contributed by atoms with E-state index in [0.717, 1.165) is 25.9 Å². The maximum Gasteiger partial charge on any atom is 0.313 e. The molecule has 1 saturated heterocycles. The molecule has 0 atom stereocenters. The van der Waals surface area contributed by atoms with Gasteiger partial charge in [-0.3, -0.25) is 15.5 Å². The fraction of sp³-hybridized carbons (Fsp3) is 0.500. The quantitative estimate of drug-likeness (QED) is 0.686. The SMILES string of the molecule is O=[N+]([O-])c1cc(Br)cnc1NN1CCCCC1. The molecule has 1 aliphatic rings. The van der Waals surface area contributed by atoms with E-state index in [1.165, 1.54) is 12.5 Å². The van der Waals surface area contributed by atoms with Crippen LogP contribution in [0.2, 0.25) is 0 Å². The van der Waals surface area contributed by atoms with Crippen LogP contribution in [0.25, 0.3) is 0 Å². The molecule has 1 N–H and O–H groups in total. The monoisotopic (exact) mass is 300 g/mol. The van der Waals surface area contributed by atoms with Crippen LogP contribution in [0.4, 0.5) is 11.5 Å². The van der Waals surface area contributed by atoms with E-state index in [9.17, 15) is 10.1 Å². The zero-order valence-electron chi connectivity index (χ0n) is 9.23. The van der Waals surface area contributed by atoms with Gasteiger partial charge in [-0.15, -0.1) is 0 Å². The number of anilines is 1. The normalized spacial score (nSPS) is 16.8. The van der Waals surface area contributed by atoms with E-state index in [1.807, 2.05) is 5.01 Å². The molecule has 92 valence electrons. The highest BCUT2D eigenvalue weighted by Gasteiger charge is 2.19. The predicted octanol–water partition coefficient (Wildman–Crippen LogP) is 2.57. The summed E-state index contributed by atoms with van der Waals surface area (Å²) in [4.78, 5) is 14.5. The van der Waals surface area contributed by atoms with Crippen LogP contribution >= 0.6 is 15.9 Å². The van der Waals surface area contributed by atoms with Crippen LogP contribution < -0.4 is 5.43 Å². The Balaban J connectivity index is 2.16. The second-order valence-electron chi connectivity index (χ2n) is 3.94. The highest BCUT2D eigenvalue weighted by atomic mass is 79.9. The zero-order valence-corrected chi connectivity index (χ0v) is 10.8. The summed E-state index contributed by atoms with van der Waals surface area (Å²) >= 11 is 3.18. The Labute approximate surface area is 107 Å². The van der Waals surface area contributed by atoms with E-state index in [1.54, 1.807) is 6.20 Å². The molecule has 0 saturated carbocycles. The second kappa shape index (κ2) is 5.42. The summed E-state index contributed by atoms with van der Waals surface area (Å²) in [6.07, 6.45) is 4.99. The smallest absolute Gasteiger partial charge is 0.297 e. The van der Waals surface area contributed by atoms with E-state index in [-0.39, 0.29) is 5.69 Å². The lowest BCUT2D eigenvalue weighted by Gasteiger charge is -2.27. The summed E-state index contributed by atoms with van der Waals surface area (Å²) in [5.74, 6) is 0.306. The first kappa shape index (κ1) is 12.3. The lowest BCUT2D eigenvalue weighted by atomic mass is 10.2. The summed E-state index contributed by atoms with van der Waals surface area (Å²) in [6, 6.07) is 1.46. The standard InChI is InChI=1S/C10H13BrN4O2/c11-8-6-9(15(16)17)10(12-7-8)13-14-4-2-1-3-5-14/h6-7H,1-5H2,(H,12,13). The van der Waals surface area contributed by atoms with Crippen molar-refractivity contribution in [3.05, 3.63) is 26.9 Å². The number of piperidine rings is 1. The van der Waals surface area contributed by atoms with Crippen molar-refractivity contribution < 1.29 is 4.92 Å². The van der Waals surface area contributed by atoms with Crippen molar-refractivity contribution in [2.75, 3.05) is 18.5 Å². The first-order valence-electron chi connectivity index (χ1n) is 5.48. The number of aromatic nitrogens is 1. The molecule has 0 unspecified atom stereocenters. The minimum absolute atomic E-state index is 0.00931. The molecule has 7 heteroatoms. The van der Waals surface area contributed by atoms with Crippen molar-refractivity contribution in [2.24, 2.45) is 0 Å². The molecule has 1 aromatic rings. The Hall–Kier alpha value is -1.21. The molecule has 6 nitrogen and oxygen atoms in total. The van der Waals surface area contributed by atoms with Crippen molar-refractivity contribution in [1.29, 1.82) is 0 Å². The molecule has 0 bridgehead atoms. The average Bonchev–Trinajstić information content (AvgIpc) is 2.32. The number of rotatable bonds is 3. The van der Waals surface area contributed by atoms with Gasteiger partial charge in [0.05, 0.1) is 4.92 Å². The predicted molar refractivity (Wildman–Crippen MR) is 67.6 cm³/mol. The summed E-state index contributed by atoms with van der Waals surface area (Å²) in [5.41, 5.74) is 3.01. The molecule has 1 aromatic heterocycles. The van der Waals surface area contributed by atoms with Crippen molar-refractivity contribution >= 4 is 27.4 Å². The highest BCUT2D eigenvalue weighted by molar-refractivity contribution is 9.10. The van der Waals surface area contributed by atoms with Crippen LogP contribution in [0.5, 0.6) is 0 Å². The van der Waals surface area contributed by atoms with Crippen LogP contribution in [-0.2, 0) is 0 Å². The maximum atomic E-state index is 10.9. The van der Waals surface area contributed by atoms with Crippen molar-refractivity contribution in [1.82, 2.24) is 9.99 Å². The Bertz CT molecular complexity index is 421. The number of pyridine rings is 1. The molecular weight excluding hydrogens is 288 g/mol. The number of hydrazine groups is 1. The minimum atomic E-state index is -0.427. The third-order valence-electron chi connectivity index (χ3n) is 2.65. The van der Waals surface area contributed by atoms with Crippen LogP contribution in [0.3, 0.4) is 0 Å². The molecule has 0 amide bonds. The molecule has 17 heavy (non-hydrogen) atoms. The van der Waals surface area contributed by atoms with Crippen molar-refractivity contribution in [3.63, 3.8) is 0 Å². The van der Waals surface area contributed by atoms with Gasteiger partial charge in [0.25, 0.3) is 0 Å². The second-order valence-corrected chi connectivity index (χ2v) is 4.85. The number of halogens is 1. The van der Waals surface area contributed by atoms with E-state index >= 15 is 0 Å². The van der Waals surface area contributed by atoms with Gasteiger partial charge in [-0.05, 0) is 28.8 Å². The molecule has 1 aliphatic heterocycles. The number of hydrogen-bond donors (Lipinski definition) is 1. The summed E-state index contributed by atoms with van der Waals surface area (Å²) < 4.78 is 0.605.